The van der Waals surface area contributed by atoms with Gasteiger partial charge in [0.25, 0.3) is 0 Å². The molecular formula is C64H113O11P. The monoisotopic (exact) mass is 1090 g/mol. The molecule has 0 spiro atoms. The number of unbranched alkanes of at least 4 members (excludes halogenated alkanes) is 28. The van der Waals surface area contributed by atoms with Crippen molar-refractivity contribution >= 4 is 25.7 Å². The average Bonchev–Trinajstić information content (AvgIpc) is 3.41. The summed E-state index contributed by atoms with van der Waals surface area (Å²) in [6.45, 7) is 4.55. The fraction of sp³-hybridized carbons (Fsp3) is 0.766. The molecule has 3 atom stereocenters. The lowest BCUT2D eigenvalue weighted by Gasteiger charge is -2.21. The summed E-state index contributed by atoms with van der Waals surface area (Å²) in [5, 5.41) is 9.81. The summed E-state index contributed by atoms with van der Waals surface area (Å²) < 4.78 is 39.6. The van der Waals surface area contributed by atoms with E-state index in [-0.39, 0.29) is 25.9 Å². The molecule has 2 N–H and O–H groups in total. The average molecular weight is 1090 g/mol. The van der Waals surface area contributed by atoms with Crippen LogP contribution in [0.25, 0.3) is 0 Å². The van der Waals surface area contributed by atoms with E-state index in [4.69, 9.17) is 23.3 Å². The van der Waals surface area contributed by atoms with Crippen LogP contribution in [0.1, 0.15) is 278 Å². The summed E-state index contributed by atoms with van der Waals surface area (Å²) in [6, 6.07) is 0. The largest absolute Gasteiger partial charge is 0.472 e. The highest BCUT2D eigenvalue weighted by Crippen LogP contribution is 2.43. The van der Waals surface area contributed by atoms with Gasteiger partial charge in [-0.3, -0.25) is 23.4 Å². The molecule has 0 aromatic carbocycles. The van der Waals surface area contributed by atoms with Crippen LogP contribution in [0.2, 0.25) is 0 Å². The number of aliphatic hydroxyl groups excluding tert-OH is 1. The predicted molar refractivity (Wildman–Crippen MR) is 316 cm³/mol. The summed E-state index contributed by atoms with van der Waals surface area (Å²) >= 11 is 0. The number of allylic oxidation sites excluding steroid dienone is 12. The van der Waals surface area contributed by atoms with E-state index in [1.54, 1.807) is 0 Å². The van der Waals surface area contributed by atoms with Crippen LogP contribution in [-0.2, 0) is 42.2 Å². The van der Waals surface area contributed by atoms with E-state index in [9.17, 15) is 28.9 Å². The van der Waals surface area contributed by atoms with E-state index in [1.807, 2.05) is 0 Å². The van der Waals surface area contributed by atoms with Gasteiger partial charge in [0.2, 0.25) is 0 Å². The Hall–Kier alpha value is -3.08. The Labute approximate surface area is 465 Å². The van der Waals surface area contributed by atoms with Crippen LogP contribution in [-0.4, -0.2) is 66.5 Å². The number of rotatable bonds is 57. The van der Waals surface area contributed by atoms with Crippen molar-refractivity contribution in [3.63, 3.8) is 0 Å². The van der Waals surface area contributed by atoms with E-state index < -0.39 is 57.8 Å². The fourth-order valence-electron chi connectivity index (χ4n) is 8.32. The summed E-state index contributed by atoms with van der Waals surface area (Å²) in [7, 11) is -4.76. The molecule has 12 heteroatoms. The van der Waals surface area contributed by atoms with Gasteiger partial charge in [-0.1, -0.05) is 222 Å². The number of phosphoric acid groups is 1. The predicted octanol–water partition coefficient (Wildman–Crippen LogP) is 18.5. The molecule has 0 saturated heterocycles. The third-order valence-corrected chi connectivity index (χ3v) is 14.0. The van der Waals surface area contributed by atoms with Gasteiger partial charge in [-0.05, 0) is 109 Å². The number of hydrogen-bond donors (Lipinski definition) is 2. The van der Waals surface area contributed by atoms with E-state index in [1.165, 1.54) is 96.3 Å². The van der Waals surface area contributed by atoms with E-state index in [2.05, 4.69) is 93.7 Å². The number of carbonyl (C=O) groups is 3. The zero-order valence-electron chi connectivity index (χ0n) is 48.7. The number of carbonyl (C=O) groups excluding carboxylic acids is 3. The van der Waals surface area contributed by atoms with Gasteiger partial charge in [-0.2, -0.15) is 0 Å². The minimum Gasteiger partial charge on any atom is -0.462 e. The zero-order valence-corrected chi connectivity index (χ0v) is 49.6. The molecule has 76 heavy (non-hydrogen) atoms. The maximum atomic E-state index is 12.9. The molecular weight excluding hydrogens is 976 g/mol. The van der Waals surface area contributed by atoms with Crippen LogP contribution in [0, 0.1) is 0 Å². The SMILES string of the molecule is CCCC/C=C\CCCCCCCC(=O)OC(CO)COP(=O)(O)OCC(COC(=O)CCCCCCCCCCC/C=C\C/C=C\CCCCC)OC(=O)CCCCCCCC/C=C\C/C=C\C/C=C\CCCCC. The Morgan fingerprint density at radius 1 is 0.368 bits per heavy atom. The lowest BCUT2D eigenvalue weighted by molar-refractivity contribution is -0.161. The Balaban J connectivity index is 4.74. The molecule has 0 rings (SSSR count). The molecule has 3 unspecified atom stereocenters. The highest BCUT2D eigenvalue weighted by atomic mass is 31.2. The summed E-state index contributed by atoms with van der Waals surface area (Å²) in [6.07, 6.45) is 65.7. The van der Waals surface area contributed by atoms with Crippen molar-refractivity contribution in [2.75, 3.05) is 26.4 Å². The highest BCUT2D eigenvalue weighted by molar-refractivity contribution is 7.47. The molecule has 0 amide bonds. The molecule has 0 fully saturated rings. The first kappa shape index (κ1) is 72.9. The first-order valence-corrected chi connectivity index (χ1v) is 32.3. The van der Waals surface area contributed by atoms with Crippen molar-refractivity contribution in [3.05, 3.63) is 72.9 Å². The van der Waals surface area contributed by atoms with Gasteiger partial charge in [0.15, 0.2) is 6.10 Å². The highest BCUT2D eigenvalue weighted by Gasteiger charge is 2.28. The van der Waals surface area contributed by atoms with Gasteiger partial charge >= 0.3 is 25.7 Å². The Kier molecular flexibility index (Phi) is 55.7. The van der Waals surface area contributed by atoms with Crippen LogP contribution in [0.15, 0.2) is 72.9 Å². The third-order valence-electron chi connectivity index (χ3n) is 13.1. The standard InChI is InChI=1S/C64H113O11P/c1-4-7-10-13-16-19-22-24-26-28-30-32-34-36-39-41-44-47-50-53-62(66)71-57-61(75-64(68)55-52-49-46-43-40-37-35-33-31-29-27-25-23-20-17-14-11-8-5-2)59-73-76(69,70)72-58-60(56-65)74-63(67)54-51-48-45-42-38-21-18-15-12-9-6-3/h15-20,24-27,31,33,60-61,65H,4-14,21-23,28-30,32,34-59H2,1-3H3,(H,69,70)/b18-15-,19-16-,20-17-,26-24-,27-25-,33-31-. The number of esters is 3. The lowest BCUT2D eigenvalue weighted by atomic mass is 10.1. The normalized spacial score (nSPS) is 13.8. The first-order chi connectivity index (χ1) is 37.2. The zero-order chi connectivity index (χ0) is 55.5. The number of phosphoric ester groups is 1. The number of hydrogen-bond acceptors (Lipinski definition) is 10. The van der Waals surface area contributed by atoms with Crippen molar-refractivity contribution < 1.29 is 52.2 Å². The number of ether oxygens (including phenoxy) is 3. The topological polar surface area (TPSA) is 155 Å². The van der Waals surface area contributed by atoms with Crippen molar-refractivity contribution in [2.24, 2.45) is 0 Å². The van der Waals surface area contributed by atoms with Gasteiger partial charge in [-0.15, -0.1) is 0 Å². The summed E-state index contributed by atoms with van der Waals surface area (Å²) in [5.41, 5.74) is 0. The quantitative estimate of drug-likeness (QED) is 0.0197. The molecule has 0 aliphatic carbocycles. The molecule has 0 saturated carbocycles. The fourth-order valence-corrected chi connectivity index (χ4v) is 9.10. The van der Waals surface area contributed by atoms with Crippen LogP contribution >= 0.6 is 7.82 Å². The Bertz CT molecular complexity index is 1550. The number of aliphatic hydroxyl groups is 1. The van der Waals surface area contributed by atoms with Crippen LogP contribution in [0.5, 0.6) is 0 Å². The molecule has 0 aliphatic rings. The molecule has 0 aromatic rings. The molecule has 0 aliphatic heterocycles. The van der Waals surface area contributed by atoms with Crippen LogP contribution < -0.4 is 0 Å². The second kappa shape index (κ2) is 58.1. The van der Waals surface area contributed by atoms with Crippen molar-refractivity contribution in [2.45, 2.75) is 290 Å². The molecule has 0 radical (unpaired) electrons. The maximum Gasteiger partial charge on any atom is 0.472 e. The second-order valence-corrected chi connectivity index (χ2v) is 22.0. The lowest BCUT2D eigenvalue weighted by Crippen LogP contribution is -2.30. The molecule has 0 heterocycles. The Morgan fingerprint density at radius 3 is 1.04 bits per heavy atom. The Morgan fingerprint density at radius 2 is 0.658 bits per heavy atom. The first-order valence-electron chi connectivity index (χ1n) is 30.8. The van der Waals surface area contributed by atoms with Crippen molar-refractivity contribution in [1.29, 1.82) is 0 Å². The van der Waals surface area contributed by atoms with Gasteiger partial charge in [-0.25, -0.2) is 4.57 Å². The molecule has 440 valence electrons. The minimum absolute atomic E-state index is 0.150. The van der Waals surface area contributed by atoms with Gasteiger partial charge in [0, 0.05) is 19.3 Å². The summed E-state index contributed by atoms with van der Waals surface area (Å²) in [4.78, 5) is 48.6. The molecule has 0 aromatic heterocycles. The molecule has 11 nitrogen and oxygen atoms in total. The second-order valence-electron chi connectivity index (χ2n) is 20.5. The van der Waals surface area contributed by atoms with Crippen LogP contribution in [0.3, 0.4) is 0 Å². The maximum absolute atomic E-state index is 12.9. The molecule has 0 bridgehead atoms. The van der Waals surface area contributed by atoms with Gasteiger partial charge < -0.3 is 24.2 Å². The third kappa shape index (κ3) is 55.7. The van der Waals surface area contributed by atoms with Gasteiger partial charge in [0.05, 0.1) is 19.8 Å². The summed E-state index contributed by atoms with van der Waals surface area (Å²) in [5.74, 6) is -1.49. The van der Waals surface area contributed by atoms with E-state index >= 15 is 0 Å². The van der Waals surface area contributed by atoms with Crippen molar-refractivity contribution in [3.8, 4) is 0 Å². The minimum atomic E-state index is -4.76. The van der Waals surface area contributed by atoms with Crippen molar-refractivity contribution in [1.82, 2.24) is 0 Å². The smallest absolute Gasteiger partial charge is 0.462 e. The van der Waals surface area contributed by atoms with Gasteiger partial charge in [0.1, 0.15) is 12.7 Å². The van der Waals surface area contributed by atoms with E-state index in [0.717, 1.165) is 122 Å². The van der Waals surface area contributed by atoms with Crippen LogP contribution in [0.4, 0.5) is 0 Å². The van der Waals surface area contributed by atoms with E-state index in [0.29, 0.717) is 19.3 Å².